The van der Waals surface area contributed by atoms with Crippen molar-refractivity contribution >= 4 is 11.6 Å². The molecule has 7 heteroatoms. The maximum atomic E-state index is 12.5. The molecule has 28 heavy (non-hydrogen) atoms. The van der Waals surface area contributed by atoms with E-state index in [2.05, 4.69) is 14.9 Å². The summed E-state index contributed by atoms with van der Waals surface area (Å²) in [5.74, 6) is 0.637. The summed E-state index contributed by atoms with van der Waals surface area (Å²) in [4.78, 5) is 22.2. The number of benzene rings is 2. The van der Waals surface area contributed by atoms with Crippen LogP contribution in [0.4, 0.5) is 0 Å². The van der Waals surface area contributed by atoms with Crippen LogP contribution in [-0.4, -0.2) is 31.6 Å². The highest BCUT2D eigenvalue weighted by Gasteiger charge is 2.23. The number of phenolic OH excluding ortho intramolecular Hbond substituents is 2. The number of nitrogens with zero attached hydrogens (tertiary/aromatic N) is 2. The van der Waals surface area contributed by atoms with E-state index >= 15 is 0 Å². The number of nitrogens with one attached hydrogen (secondary N) is 1. The minimum Gasteiger partial charge on any atom is -0.508 e. The number of aryl methyl sites for hydroxylation is 1. The van der Waals surface area contributed by atoms with Gasteiger partial charge >= 0.3 is 0 Å². The van der Waals surface area contributed by atoms with Crippen LogP contribution in [0.1, 0.15) is 22.4 Å². The lowest BCUT2D eigenvalue weighted by Crippen LogP contribution is -2.35. The smallest absolute Gasteiger partial charge is 0.254 e. The quantitative estimate of drug-likeness (QED) is 0.630. The van der Waals surface area contributed by atoms with Gasteiger partial charge in [0.2, 0.25) is 0 Å². The summed E-state index contributed by atoms with van der Waals surface area (Å²) >= 11 is 5.94. The molecule has 0 atom stereocenters. The van der Waals surface area contributed by atoms with Crippen LogP contribution in [0.3, 0.4) is 0 Å². The molecule has 0 saturated carbocycles. The van der Waals surface area contributed by atoms with E-state index in [1.165, 1.54) is 6.07 Å². The van der Waals surface area contributed by atoms with Crippen LogP contribution < -0.4 is 5.56 Å². The van der Waals surface area contributed by atoms with Crippen molar-refractivity contribution in [3.05, 3.63) is 74.2 Å². The van der Waals surface area contributed by atoms with Crippen molar-refractivity contribution < 1.29 is 10.2 Å². The van der Waals surface area contributed by atoms with Gasteiger partial charge in [-0.25, -0.2) is 4.98 Å². The van der Waals surface area contributed by atoms with E-state index in [1.54, 1.807) is 18.2 Å². The van der Waals surface area contributed by atoms with Crippen LogP contribution in [0.2, 0.25) is 5.02 Å². The number of hydrogen-bond donors (Lipinski definition) is 3. The second-order valence-electron chi connectivity index (χ2n) is 7.07. The summed E-state index contributed by atoms with van der Waals surface area (Å²) in [7, 11) is 0. The molecule has 1 aromatic heterocycles. The van der Waals surface area contributed by atoms with Crippen LogP contribution in [0.5, 0.6) is 11.5 Å². The van der Waals surface area contributed by atoms with Crippen LogP contribution in [0.15, 0.2) is 41.2 Å². The van der Waals surface area contributed by atoms with Crippen LogP contribution in [-0.2, 0) is 19.5 Å². The first kappa shape index (κ1) is 18.5. The Balaban J connectivity index is 1.63. The van der Waals surface area contributed by atoms with Gasteiger partial charge in [-0.05, 0) is 49.2 Å². The SMILES string of the molecule is Cc1cc(O)cc(O)c1CN1CCc2c(nc(-c3ccc(Cl)cc3)[nH]c2=O)C1. The van der Waals surface area contributed by atoms with E-state index in [0.717, 1.165) is 22.4 Å². The van der Waals surface area contributed by atoms with Crippen LogP contribution in [0, 0.1) is 6.92 Å². The molecule has 0 aliphatic carbocycles. The molecule has 3 N–H and O–H groups in total. The summed E-state index contributed by atoms with van der Waals surface area (Å²) in [6.07, 6.45) is 0.594. The molecular formula is C21H20ClN3O3. The van der Waals surface area contributed by atoms with Crippen LogP contribution in [0.25, 0.3) is 11.4 Å². The molecule has 0 bridgehead atoms. The summed E-state index contributed by atoms with van der Waals surface area (Å²) in [5, 5.41) is 20.4. The number of aromatic nitrogens is 2. The van der Waals surface area contributed by atoms with Gasteiger partial charge in [-0.15, -0.1) is 0 Å². The Labute approximate surface area is 167 Å². The Kier molecular flexibility index (Phi) is 4.83. The third-order valence-corrected chi connectivity index (χ3v) is 5.34. The second kappa shape index (κ2) is 7.30. The van der Waals surface area contributed by atoms with Gasteiger partial charge < -0.3 is 15.2 Å². The first-order valence-electron chi connectivity index (χ1n) is 9.02. The van der Waals surface area contributed by atoms with Crippen molar-refractivity contribution in [1.82, 2.24) is 14.9 Å². The highest BCUT2D eigenvalue weighted by atomic mass is 35.5. The standard InChI is InChI=1S/C21H20ClN3O3/c1-12-8-15(26)9-19(27)17(12)10-25-7-6-16-18(11-25)23-20(24-21(16)28)13-2-4-14(22)5-3-13/h2-5,8-9,26-27H,6-7,10-11H2,1H3,(H,23,24,28). The zero-order valence-corrected chi connectivity index (χ0v) is 16.1. The molecule has 0 amide bonds. The second-order valence-corrected chi connectivity index (χ2v) is 7.50. The molecular weight excluding hydrogens is 378 g/mol. The molecule has 0 saturated heterocycles. The number of phenols is 2. The highest BCUT2D eigenvalue weighted by molar-refractivity contribution is 6.30. The predicted octanol–water partition coefficient (Wildman–Crippen LogP) is 3.37. The fraction of sp³-hybridized carbons (Fsp3) is 0.238. The van der Waals surface area contributed by atoms with Crippen molar-refractivity contribution in [2.75, 3.05) is 6.54 Å². The number of rotatable bonds is 3. The number of halogens is 1. The lowest BCUT2D eigenvalue weighted by molar-refractivity contribution is 0.237. The van der Waals surface area contributed by atoms with Crippen molar-refractivity contribution in [3.63, 3.8) is 0 Å². The van der Waals surface area contributed by atoms with Gasteiger partial charge in [-0.2, -0.15) is 0 Å². The summed E-state index contributed by atoms with van der Waals surface area (Å²) in [6, 6.07) is 10.2. The average molecular weight is 398 g/mol. The van der Waals surface area contributed by atoms with Gasteiger partial charge in [0, 0.05) is 47.4 Å². The zero-order valence-electron chi connectivity index (χ0n) is 15.4. The third kappa shape index (κ3) is 3.61. The molecule has 0 fully saturated rings. The monoisotopic (exact) mass is 397 g/mol. The largest absolute Gasteiger partial charge is 0.508 e. The van der Waals surface area contributed by atoms with Gasteiger partial charge in [-0.3, -0.25) is 9.69 Å². The van der Waals surface area contributed by atoms with E-state index in [0.29, 0.717) is 42.5 Å². The van der Waals surface area contributed by atoms with Crippen molar-refractivity contribution in [2.24, 2.45) is 0 Å². The number of fused-ring (bicyclic) bond motifs is 1. The van der Waals surface area contributed by atoms with Gasteiger partial charge in [0.1, 0.15) is 17.3 Å². The zero-order chi connectivity index (χ0) is 19.8. The molecule has 0 spiro atoms. The normalized spacial score (nSPS) is 14.1. The lowest BCUT2D eigenvalue weighted by atomic mass is 10.0. The van der Waals surface area contributed by atoms with E-state index in [-0.39, 0.29) is 17.1 Å². The van der Waals surface area contributed by atoms with Gasteiger partial charge in [0.05, 0.1) is 5.69 Å². The summed E-state index contributed by atoms with van der Waals surface area (Å²) in [6.45, 7) is 3.58. The minimum atomic E-state index is -0.113. The first-order valence-corrected chi connectivity index (χ1v) is 9.40. The summed E-state index contributed by atoms with van der Waals surface area (Å²) in [5.41, 5.74) is 3.73. The fourth-order valence-corrected chi connectivity index (χ4v) is 3.71. The maximum Gasteiger partial charge on any atom is 0.254 e. The molecule has 1 aliphatic rings. The number of aromatic amines is 1. The van der Waals surface area contributed by atoms with Crippen molar-refractivity contribution in [3.8, 4) is 22.9 Å². The Morgan fingerprint density at radius 3 is 2.68 bits per heavy atom. The number of hydrogen-bond acceptors (Lipinski definition) is 5. The Morgan fingerprint density at radius 1 is 1.21 bits per heavy atom. The number of H-pyrrole nitrogens is 1. The minimum absolute atomic E-state index is 0.0450. The van der Waals surface area contributed by atoms with E-state index in [9.17, 15) is 15.0 Å². The first-order chi connectivity index (χ1) is 13.4. The molecule has 0 unspecified atom stereocenters. The maximum absolute atomic E-state index is 12.5. The Hall–Kier alpha value is -2.83. The van der Waals surface area contributed by atoms with E-state index in [1.807, 2.05) is 19.1 Å². The molecule has 144 valence electrons. The molecule has 2 heterocycles. The van der Waals surface area contributed by atoms with Gasteiger partial charge in [0.25, 0.3) is 5.56 Å². The molecule has 4 rings (SSSR count). The molecule has 0 radical (unpaired) electrons. The molecule has 6 nitrogen and oxygen atoms in total. The lowest BCUT2D eigenvalue weighted by Gasteiger charge is -2.28. The molecule has 1 aliphatic heterocycles. The molecule has 2 aromatic carbocycles. The molecule has 3 aromatic rings. The number of aromatic hydroxyl groups is 2. The van der Waals surface area contributed by atoms with Crippen LogP contribution >= 0.6 is 11.6 Å². The average Bonchev–Trinajstić information content (AvgIpc) is 2.65. The Morgan fingerprint density at radius 2 is 1.96 bits per heavy atom. The van der Waals surface area contributed by atoms with E-state index in [4.69, 9.17) is 11.6 Å². The van der Waals surface area contributed by atoms with Gasteiger partial charge in [-0.1, -0.05) is 11.6 Å². The van der Waals surface area contributed by atoms with E-state index < -0.39 is 0 Å². The Bertz CT molecular complexity index is 1070. The third-order valence-electron chi connectivity index (χ3n) is 5.09. The summed E-state index contributed by atoms with van der Waals surface area (Å²) < 4.78 is 0. The van der Waals surface area contributed by atoms with Crippen molar-refractivity contribution in [2.45, 2.75) is 26.4 Å². The predicted molar refractivity (Wildman–Crippen MR) is 108 cm³/mol. The fourth-order valence-electron chi connectivity index (χ4n) is 3.58. The van der Waals surface area contributed by atoms with Gasteiger partial charge in [0.15, 0.2) is 0 Å². The van der Waals surface area contributed by atoms with Crippen molar-refractivity contribution in [1.29, 1.82) is 0 Å². The highest BCUT2D eigenvalue weighted by Crippen LogP contribution is 2.29. The topological polar surface area (TPSA) is 89.4 Å².